The Bertz CT molecular complexity index is 560. The summed E-state index contributed by atoms with van der Waals surface area (Å²) in [5.74, 6) is 0.0372. The van der Waals surface area contributed by atoms with Crippen LogP contribution >= 0.6 is 0 Å². The summed E-state index contributed by atoms with van der Waals surface area (Å²) in [6.07, 6.45) is 0. The topological polar surface area (TPSA) is 81.2 Å². The number of likely N-dealkylation sites (N-methyl/N-ethyl adjacent to an activating group) is 1. The zero-order valence-corrected chi connectivity index (χ0v) is 12.1. The van der Waals surface area contributed by atoms with Crippen molar-refractivity contribution in [1.29, 1.82) is 0 Å². The van der Waals surface area contributed by atoms with Crippen LogP contribution in [0, 0.1) is 6.92 Å². The summed E-state index contributed by atoms with van der Waals surface area (Å²) in [5.41, 5.74) is 7.00. The maximum absolute atomic E-state index is 12.5. The van der Waals surface area contributed by atoms with Crippen molar-refractivity contribution in [3.8, 4) is 0 Å². The van der Waals surface area contributed by atoms with E-state index in [9.17, 15) is 8.42 Å². The molecule has 0 aliphatic carbocycles. The molecule has 1 aromatic rings. The van der Waals surface area contributed by atoms with Gasteiger partial charge in [0.25, 0.3) is 0 Å². The third-order valence-electron chi connectivity index (χ3n) is 2.70. The van der Waals surface area contributed by atoms with Crippen LogP contribution in [0.5, 0.6) is 0 Å². The Morgan fingerprint density at radius 1 is 1.56 bits per heavy atom. The molecule has 102 valence electrons. The largest absolute Gasteiger partial charge is 0.381 e. The van der Waals surface area contributed by atoms with Crippen molar-refractivity contribution >= 4 is 15.8 Å². The molecule has 6 nitrogen and oxygen atoms in total. The number of aryl methyl sites for hydroxylation is 1. The van der Waals surface area contributed by atoms with Crippen LogP contribution in [0.1, 0.15) is 19.5 Å². The molecule has 0 aliphatic heterocycles. The summed E-state index contributed by atoms with van der Waals surface area (Å²) in [6.45, 7) is 9.65. The Morgan fingerprint density at radius 2 is 2.11 bits per heavy atom. The highest BCUT2D eigenvalue weighted by Gasteiger charge is 2.30. The minimum absolute atomic E-state index is 0.0372. The number of aromatic nitrogens is 2. The lowest BCUT2D eigenvalue weighted by Gasteiger charge is -2.20. The number of anilines is 1. The van der Waals surface area contributed by atoms with Crippen LogP contribution in [-0.2, 0) is 17.1 Å². The average Bonchev–Trinajstić information content (AvgIpc) is 2.49. The fourth-order valence-electron chi connectivity index (χ4n) is 1.73. The van der Waals surface area contributed by atoms with Gasteiger partial charge in [0.2, 0.25) is 10.0 Å². The van der Waals surface area contributed by atoms with Gasteiger partial charge >= 0.3 is 0 Å². The van der Waals surface area contributed by atoms with Gasteiger partial charge in [-0.15, -0.1) is 0 Å². The van der Waals surface area contributed by atoms with Crippen molar-refractivity contribution in [1.82, 2.24) is 14.1 Å². The quantitative estimate of drug-likeness (QED) is 0.807. The van der Waals surface area contributed by atoms with E-state index in [1.165, 1.54) is 8.99 Å². The van der Waals surface area contributed by atoms with Crippen LogP contribution in [0.15, 0.2) is 17.0 Å². The van der Waals surface area contributed by atoms with Gasteiger partial charge in [0.15, 0.2) is 5.82 Å². The van der Waals surface area contributed by atoms with Crippen LogP contribution < -0.4 is 5.73 Å². The third kappa shape index (κ3) is 2.56. The van der Waals surface area contributed by atoms with Crippen molar-refractivity contribution in [3.63, 3.8) is 0 Å². The Hall–Kier alpha value is -1.34. The lowest BCUT2D eigenvalue weighted by molar-refractivity contribution is 0.452. The van der Waals surface area contributed by atoms with Gasteiger partial charge in [-0.05, 0) is 13.8 Å². The summed E-state index contributed by atoms with van der Waals surface area (Å²) in [6, 6.07) is 0. The molecule has 1 heterocycles. The number of sulfonamides is 1. The van der Waals surface area contributed by atoms with Gasteiger partial charge in [-0.3, -0.25) is 4.68 Å². The second-order valence-corrected chi connectivity index (χ2v) is 6.19. The van der Waals surface area contributed by atoms with Crippen LogP contribution in [0.4, 0.5) is 5.82 Å². The molecule has 7 heteroatoms. The third-order valence-corrected chi connectivity index (χ3v) is 4.79. The smallest absolute Gasteiger partial charge is 0.248 e. The second kappa shape index (κ2) is 5.11. The first-order valence-corrected chi connectivity index (χ1v) is 7.09. The van der Waals surface area contributed by atoms with E-state index in [1.54, 1.807) is 27.8 Å². The Labute approximate surface area is 108 Å². The first-order valence-electron chi connectivity index (χ1n) is 5.65. The van der Waals surface area contributed by atoms with Gasteiger partial charge < -0.3 is 5.73 Å². The van der Waals surface area contributed by atoms with Crippen LogP contribution in [0.2, 0.25) is 0 Å². The molecule has 0 aliphatic rings. The molecule has 18 heavy (non-hydrogen) atoms. The molecule has 0 spiro atoms. The number of rotatable bonds is 5. The van der Waals surface area contributed by atoms with E-state index in [2.05, 4.69) is 11.7 Å². The summed E-state index contributed by atoms with van der Waals surface area (Å²) in [5, 5.41) is 3.94. The van der Waals surface area contributed by atoms with E-state index >= 15 is 0 Å². The fraction of sp³-hybridized carbons (Fsp3) is 0.545. The molecule has 0 bridgehead atoms. The highest BCUT2D eigenvalue weighted by atomic mass is 32.2. The zero-order valence-electron chi connectivity index (χ0n) is 11.3. The second-order valence-electron chi connectivity index (χ2n) is 4.31. The normalized spacial score (nSPS) is 12.1. The highest BCUT2D eigenvalue weighted by molar-refractivity contribution is 7.89. The molecule has 2 N–H and O–H groups in total. The average molecular weight is 272 g/mol. The number of nitrogens with two attached hydrogens (primary N) is 1. The van der Waals surface area contributed by atoms with E-state index in [4.69, 9.17) is 5.73 Å². The Kier molecular flexibility index (Phi) is 4.18. The SMILES string of the molecule is C=C(C)CN(CC)S(=O)(=O)c1c(N)nn(C)c1C. The van der Waals surface area contributed by atoms with E-state index in [0.717, 1.165) is 5.57 Å². The van der Waals surface area contributed by atoms with Gasteiger partial charge in [0.1, 0.15) is 4.90 Å². The predicted octanol–water partition coefficient (Wildman–Crippen LogP) is 0.897. The molecule has 1 aromatic heterocycles. The first kappa shape index (κ1) is 14.7. The number of hydrogen-bond donors (Lipinski definition) is 1. The predicted molar refractivity (Wildman–Crippen MR) is 71.6 cm³/mol. The molecule has 0 radical (unpaired) electrons. The lowest BCUT2D eigenvalue weighted by Crippen LogP contribution is -2.33. The lowest BCUT2D eigenvalue weighted by atomic mass is 10.3. The molecule has 0 aromatic carbocycles. The van der Waals surface area contributed by atoms with Crippen LogP contribution in [0.25, 0.3) is 0 Å². The number of nitrogens with zero attached hydrogens (tertiary/aromatic N) is 3. The van der Waals surface area contributed by atoms with Gasteiger partial charge in [0, 0.05) is 20.1 Å². The Balaban J connectivity index is 3.31. The monoisotopic (exact) mass is 272 g/mol. The first-order chi connectivity index (χ1) is 8.21. The number of nitrogen functional groups attached to an aromatic ring is 1. The minimum atomic E-state index is -3.62. The van der Waals surface area contributed by atoms with Crippen molar-refractivity contribution in [3.05, 3.63) is 17.8 Å². The van der Waals surface area contributed by atoms with E-state index < -0.39 is 10.0 Å². The Morgan fingerprint density at radius 3 is 2.44 bits per heavy atom. The molecule has 0 unspecified atom stereocenters. The molecule has 0 saturated carbocycles. The summed E-state index contributed by atoms with van der Waals surface area (Å²) in [4.78, 5) is 0.0908. The van der Waals surface area contributed by atoms with Gasteiger partial charge in [0.05, 0.1) is 5.69 Å². The fourth-order valence-corrected chi connectivity index (χ4v) is 3.53. The molecular formula is C11H20N4O2S. The summed E-state index contributed by atoms with van der Waals surface area (Å²) >= 11 is 0. The van der Waals surface area contributed by atoms with Crippen LogP contribution in [0.3, 0.4) is 0 Å². The molecule has 0 amide bonds. The summed E-state index contributed by atoms with van der Waals surface area (Å²) < 4.78 is 27.8. The standard InChI is InChI=1S/C11H20N4O2S/c1-6-15(7-8(2)3)18(16,17)10-9(4)14(5)13-11(10)12/h2,6-7H2,1,3-5H3,(H2,12,13). The summed E-state index contributed by atoms with van der Waals surface area (Å²) in [7, 11) is -1.96. The maximum atomic E-state index is 12.5. The van der Waals surface area contributed by atoms with Crippen molar-refractivity contribution in [2.75, 3.05) is 18.8 Å². The molecule has 0 saturated heterocycles. The van der Waals surface area contributed by atoms with E-state index in [0.29, 0.717) is 12.2 Å². The minimum Gasteiger partial charge on any atom is -0.381 e. The molecule has 0 atom stereocenters. The maximum Gasteiger partial charge on any atom is 0.248 e. The molecule has 1 rings (SSSR count). The van der Waals surface area contributed by atoms with Crippen molar-refractivity contribution in [2.45, 2.75) is 25.7 Å². The molecular weight excluding hydrogens is 252 g/mol. The van der Waals surface area contributed by atoms with E-state index in [-0.39, 0.29) is 17.3 Å². The van der Waals surface area contributed by atoms with Crippen LogP contribution in [-0.4, -0.2) is 35.6 Å². The van der Waals surface area contributed by atoms with Crippen molar-refractivity contribution in [2.24, 2.45) is 7.05 Å². The zero-order chi connectivity index (χ0) is 14.1. The van der Waals surface area contributed by atoms with E-state index in [1.807, 2.05) is 0 Å². The van der Waals surface area contributed by atoms with Gasteiger partial charge in [-0.2, -0.15) is 9.40 Å². The van der Waals surface area contributed by atoms with Gasteiger partial charge in [-0.1, -0.05) is 19.1 Å². The number of hydrogen-bond acceptors (Lipinski definition) is 4. The molecule has 0 fully saturated rings. The van der Waals surface area contributed by atoms with Gasteiger partial charge in [-0.25, -0.2) is 8.42 Å². The highest BCUT2D eigenvalue weighted by Crippen LogP contribution is 2.25. The van der Waals surface area contributed by atoms with Crippen molar-refractivity contribution < 1.29 is 8.42 Å².